The van der Waals surface area contributed by atoms with Crippen molar-refractivity contribution in [3.8, 4) is 5.75 Å². The van der Waals surface area contributed by atoms with E-state index in [1.54, 1.807) is 6.07 Å². The Morgan fingerprint density at radius 3 is 1.09 bits per heavy atom. The molecule has 0 spiro atoms. The second kappa shape index (κ2) is 30.6. The third-order valence-corrected chi connectivity index (χ3v) is 16.4. The van der Waals surface area contributed by atoms with E-state index in [2.05, 4.69) is 0 Å². The lowest BCUT2D eigenvalue weighted by Crippen LogP contribution is -2.41. The largest absolute Gasteiger partial charge is 0.494 e. The van der Waals surface area contributed by atoms with Gasteiger partial charge in [-0.1, -0.05) is 134 Å². The van der Waals surface area contributed by atoms with E-state index in [4.69, 9.17) is 36.1 Å². The molecule has 81 heavy (non-hydrogen) atoms. The minimum absolute atomic E-state index is 0.0541. The average Bonchev–Trinajstić information content (AvgIpc) is 3.53. The highest BCUT2D eigenvalue weighted by Gasteiger charge is 2.41. The van der Waals surface area contributed by atoms with Gasteiger partial charge in [-0.2, -0.15) is 0 Å². The Hall–Kier alpha value is -6.39. The van der Waals surface area contributed by atoms with Crippen molar-refractivity contribution in [1.29, 1.82) is 0 Å². The zero-order valence-electron chi connectivity index (χ0n) is 46.1. The number of rotatable bonds is 19. The van der Waals surface area contributed by atoms with Crippen molar-refractivity contribution in [2.45, 2.75) is 112 Å². The van der Waals surface area contributed by atoms with Crippen molar-refractivity contribution in [3.63, 3.8) is 0 Å². The van der Waals surface area contributed by atoms with Crippen LogP contribution in [-0.2, 0) is 30.5 Å². The van der Waals surface area contributed by atoms with Crippen molar-refractivity contribution in [2.24, 2.45) is 17.2 Å². The van der Waals surface area contributed by atoms with Gasteiger partial charge in [0.05, 0.1) is 45.2 Å². The molecule has 0 amide bonds. The van der Waals surface area contributed by atoms with Gasteiger partial charge in [-0.15, -0.1) is 0 Å². The summed E-state index contributed by atoms with van der Waals surface area (Å²) < 4.78 is 120. The minimum Gasteiger partial charge on any atom is -0.494 e. The fourth-order valence-corrected chi connectivity index (χ4v) is 11.4. The van der Waals surface area contributed by atoms with E-state index >= 15 is 0 Å². The van der Waals surface area contributed by atoms with Gasteiger partial charge >= 0.3 is 0 Å². The van der Waals surface area contributed by atoms with Crippen LogP contribution in [0.3, 0.4) is 0 Å². The summed E-state index contributed by atoms with van der Waals surface area (Å²) in [5, 5.41) is 0. The maximum absolute atomic E-state index is 14.6. The van der Waals surface area contributed by atoms with Crippen LogP contribution in [0.1, 0.15) is 110 Å². The van der Waals surface area contributed by atoms with Crippen LogP contribution in [0.4, 0.5) is 30.7 Å². The van der Waals surface area contributed by atoms with E-state index in [0.717, 1.165) is 73.4 Å². The molecule has 0 unspecified atom stereocenters. The van der Waals surface area contributed by atoms with E-state index in [9.17, 15) is 30.7 Å². The van der Waals surface area contributed by atoms with E-state index in [-0.39, 0.29) is 42.7 Å². The van der Waals surface area contributed by atoms with Crippen molar-refractivity contribution < 1.29 is 49.7 Å². The van der Waals surface area contributed by atoms with Gasteiger partial charge in [0.25, 0.3) is 0 Å². The fraction of sp³-hybridized carbons (Fsp3) is 0.373. The minimum atomic E-state index is -1.18. The zero-order chi connectivity index (χ0) is 57.7. The molecule has 3 aliphatic rings. The Morgan fingerprint density at radius 2 is 0.728 bits per heavy atom. The van der Waals surface area contributed by atoms with Crippen LogP contribution in [0, 0.1) is 40.7 Å². The number of methoxy groups -OCH3 is 1. The first kappa shape index (κ1) is 62.2. The molecule has 432 valence electrons. The van der Waals surface area contributed by atoms with Gasteiger partial charge in [-0.05, 0) is 129 Å². The Balaban J connectivity index is 0.000000175. The summed E-state index contributed by atoms with van der Waals surface area (Å²) in [5.41, 5.74) is 20.7. The molecule has 14 heteroatoms. The van der Waals surface area contributed by atoms with Crippen LogP contribution in [0.2, 0.25) is 0 Å². The lowest BCUT2D eigenvalue weighted by Gasteiger charge is -2.40. The Labute approximate surface area is 473 Å². The monoisotopic (exact) mass is 1120 g/mol. The first-order valence-electron chi connectivity index (χ1n) is 28.0. The van der Waals surface area contributed by atoms with E-state index in [0.29, 0.717) is 82.1 Å². The number of ether oxygens (including phenoxy) is 4. The summed E-state index contributed by atoms with van der Waals surface area (Å²) in [6, 6.07) is 37.8. The summed E-state index contributed by atoms with van der Waals surface area (Å²) in [4.78, 5) is 0. The van der Waals surface area contributed by atoms with E-state index in [1.165, 1.54) is 19.2 Å². The molecule has 0 bridgehead atoms. The molecule has 3 aliphatic carbocycles. The SMILES string of the molecule is COc1cc(F)c(C2(CN)CCC(OC/C=C/c3ccccc3)CC2)cc1F.NCC1(c2cc(F)c(F)cc2F)CCC(OC/C=C/c2ccccc2)CC1.NCC1(c2ccc(F)cc2F)CCC(OC/C=C/c2ccccc2)CC1. The van der Waals surface area contributed by atoms with Gasteiger partial charge in [0, 0.05) is 54.1 Å². The predicted octanol–water partition coefficient (Wildman–Crippen LogP) is 14.6. The molecule has 7 nitrogen and oxygen atoms in total. The van der Waals surface area contributed by atoms with Gasteiger partial charge in [-0.25, -0.2) is 30.7 Å². The number of nitrogens with two attached hydrogens (primary N) is 3. The summed E-state index contributed by atoms with van der Waals surface area (Å²) in [6.07, 6.45) is 21.0. The molecule has 0 atom stereocenters. The van der Waals surface area contributed by atoms with Gasteiger partial charge in [0.1, 0.15) is 23.3 Å². The topological polar surface area (TPSA) is 115 Å². The first-order chi connectivity index (χ1) is 39.2. The Bertz CT molecular complexity index is 2960. The molecule has 6 N–H and O–H groups in total. The average molecular weight is 1120 g/mol. The first-order valence-corrected chi connectivity index (χ1v) is 28.0. The summed E-state index contributed by atoms with van der Waals surface area (Å²) in [7, 11) is 1.32. The highest BCUT2D eigenvalue weighted by Crippen LogP contribution is 2.44. The molecule has 3 fully saturated rings. The second-order valence-electron chi connectivity index (χ2n) is 21.3. The van der Waals surface area contributed by atoms with Crippen molar-refractivity contribution in [2.75, 3.05) is 46.6 Å². The predicted molar refractivity (Wildman–Crippen MR) is 309 cm³/mol. The lowest BCUT2D eigenvalue weighted by molar-refractivity contribution is 0.0283. The van der Waals surface area contributed by atoms with Crippen LogP contribution < -0.4 is 21.9 Å². The number of benzene rings is 6. The van der Waals surface area contributed by atoms with Crippen LogP contribution in [0.15, 0.2) is 152 Å². The molecule has 0 saturated heterocycles. The Morgan fingerprint density at radius 1 is 0.395 bits per heavy atom. The molecular weight excluding hydrogens is 1040 g/mol. The molecule has 9 rings (SSSR count). The number of hydrogen-bond acceptors (Lipinski definition) is 7. The summed E-state index contributed by atoms with van der Waals surface area (Å²) in [6.45, 7) is 2.40. The molecule has 0 aromatic heterocycles. The van der Waals surface area contributed by atoms with Crippen molar-refractivity contribution in [1.82, 2.24) is 0 Å². The third-order valence-electron chi connectivity index (χ3n) is 16.4. The normalized spacial score (nSPS) is 23.0. The van der Waals surface area contributed by atoms with Gasteiger partial charge in [0.15, 0.2) is 23.2 Å². The van der Waals surface area contributed by atoms with Crippen LogP contribution >= 0.6 is 0 Å². The molecule has 6 aromatic carbocycles. The van der Waals surface area contributed by atoms with Gasteiger partial charge < -0.3 is 36.1 Å². The molecule has 0 heterocycles. The molecule has 3 saturated carbocycles. The standard InChI is InChI=1S/C23H27F2NO2.C22H24F3NO.C22H25F2NO/c1-27-22-15-20(24)19(14-21(22)25)23(16-26)11-9-18(10-12-23)28-13-5-8-17-6-3-2-4-7-17;23-19-14-21(25)20(24)13-18(19)22(15-26)10-8-17(9-11-22)27-12-4-7-16-5-2-1-3-6-16;23-18-8-9-20(21(24)15-18)22(16-25)12-10-19(11-13-22)26-14-4-7-17-5-2-1-3-6-17/h2-8,14-15,18H,9-13,16,26H2,1H3;1-7,13-14,17H,8-12,15,26H2;1-9,15,19H,10-14,16,25H2/b8-5+;2*7-4+. The van der Waals surface area contributed by atoms with Gasteiger partial charge in [0.2, 0.25) is 0 Å². The van der Waals surface area contributed by atoms with Crippen molar-refractivity contribution >= 4 is 18.2 Å². The summed E-state index contributed by atoms with van der Waals surface area (Å²) in [5.74, 6) is -5.11. The molecule has 0 radical (unpaired) electrons. The highest BCUT2D eigenvalue weighted by molar-refractivity contribution is 5.50. The number of halogens is 7. The smallest absolute Gasteiger partial charge is 0.165 e. The van der Waals surface area contributed by atoms with Crippen LogP contribution in [0.25, 0.3) is 18.2 Å². The number of hydrogen-bond donors (Lipinski definition) is 3. The second-order valence-corrected chi connectivity index (χ2v) is 21.3. The van der Waals surface area contributed by atoms with Gasteiger partial charge in [-0.3, -0.25) is 0 Å². The third kappa shape index (κ3) is 17.1. The molecule has 0 aliphatic heterocycles. The van der Waals surface area contributed by atoms with Crippen molar-refractivity contribution in [3.05, 3.63) is 226 Å². The maximum Gasteiger partial charge on any atom is 0.165 e. The van der Waals surface area contributed by atoms with Crippen LogP contribution in [0.5, 0.6) is 5.75 Å². The fourth-order valence-electron chi connectivity index (χ4n) is 11.4. The Kier molecular flexibility index (Phi) is 23.5. The molecular formula is C67H76F7N3O4. The zero-order valence-corrected chi connectivity index (χ0v) is 46.1. The van der Waals surface area contributed by atoms with E-state index < -0.39 is 57.0 Å². The highest BCUT2D eigenvalue weighted by atomic mass is 19.2. The van der Waals surface area contributed by atoms with E-state index in [1.807, 2.05) is 127 Å². The summed E-state index contributed by atoms with van der Waals surface area (Å²) >= 11 is 0. The quantitative estimate of drug-likeness (QED) is 0.0547. The van der Waals surface area contributed by atoms with Crippen LogP contribution in [-0.4, -0.2) is 64.9 Å². The molecule has 6 aromatic rings. The lowest BCUT2D eigenvalue weighted by atomic mass is 9.68. The maximum atomic E-state index is 14.6.